The molecule has 0 radical (unpaired) electrons. The van der Waals surface area contributed by atoms with Crippen molar-refractivity contribution in [3.63, 3.8) is 0 Å². The highest BCUT2D eigenvalue weighted by Gasteiger charge is 2.19. The van der Waals surface area contributed by atoms with Gasteiger partial charge in [0.1, 0.15) is 5.82 Å². The van der Waals surface area contributed by atoms with Gasteiger partial charge in [0.05, 0.1) is 11.3 Å². The minimum Gasteiger partial charge on any atom is -0.396 e. The second-order valence-corrected chi connectivity index (χ2v) is 3.91. The third-order valence-corrected chi connectivity index (χ3v) is 2.53. The van der Waals surface area contributed by atoms with Crippen molar-refractivity contribution in [3.8, 4) is 0 Å². The van der Waals surface area contributed by atoms with Crippen molar-refractivity contribution in [3.05, 3.63) is 59.2 Å². The van der Waals surface area contributed by atoms with Gasteiger partial charge in [0.2, 0.25) is 0 Å². The van der Waals surface area contributed by atoms with Crippen molar-refractivity contribution < 1.29 is 22.4 Å². The topological polar surface area (TPSA) is 55.1 Å². The van der Waals surface area contributed by atoms with E-state index in [4.69, 9.17) is 5.73 Å². The van der Waals surface area contributed by atoms with Crippen LogP contribution in [0.15, 0.2) is 30.3 Å². The Balaban J connectivity index is 2.28. The molecule has 3 N–H and O–H groups in total. The standard InChI is InChI=1S/C13H8F4N2O/c14-8-3-1-6(5-10(8)18)19-13(20)7-2-4-9(15)12(17)11(7)16/h1-5H,18H2,(H,19,20). The smallest absolute Gasteiger partial charge is 0.258 e. The highest BCUT2D eigenvalue weighted by Crippen LogP contribution is 2.19. The van der Waals surface area contributed by atoms with Crippen LogP contribution in [0, 0.1) is 23.3 Å². The lowest BCUT2D eigenvalue weighted by molar-refractivity contribution is 0.102. The van der Waals surface area contributed by atoms with E-state index < -0.39 is 34.7 Å². The van der Waals surface area contributed by atoms with E-state index in [1.54, 1.807) is 0 Å². The van der Waals surface area contributed by atoms with E-state index in [0.717, 1.165) is 18.2 Å². The molecule has 0 aromatic heterocycles. The van der Waals surface area contributed by atoms with E-state index in [2.05, 4.69) is 5.32 Å². The van der Waals surface area contributed by atoms with Crippen molar-refractivity contribution in [2.45, 2.75) is 0 Å². The van der Waals surface area contributed by atoms with E-state index in [1.807, 2.05) is 0 Å². The fourth-order valence-corrected chi connectivity index (χ4v) is 1.52. The van der Waals surface area contributed by atoms with Gasteiger partial charge in [-0.25, -0.2) is 17.6 Å². The molecule has 7 heteroatoms. The maximum Gasteiger partial charge on any atom is 0.258 e. The molecule has 2 aromatic carbocycles. The van der Waals surface area contributed by atoms with E-state index in [0.29, 0.717) is 6.07 Å². The molecule has 1 amide bonds. The molecule has 0 aliphatic carbocycles. The van der Waals surface area contributed by atoms with Crippen LogP contribution in [0.1, 0.15) is 10.4 Å². The normalized spacial score (nSPS) is 10.4. The van der Waals surface area contributed by atoms with Gasteiger partial charge in [-0.2, -0.15) is 0 Å². The Bertz CT molecular complexity index is 688. The number of benzene rings is 2. The van der Waals surface area contributed by atoms with Gasteiger partial charge < -0.3 is 11.1 Å². The largest absolute Gasteiger partial charge is 0.396 e. The molecule has 20 heavy (non-hydrogen) atoms. The van der Waals surface area contributed by atoms with Gasteiger partial charge in [-0.15, -0.1) is 0 Å². The zero-order valence-corrected chi connectivity index (χ0v) is 9.88. The number of halogens is 4. The number of anilines is 2. The van der Waals surface area contributed by atoms with Crippen molar-refractivity contribution in [2.75, 3.05) is 11.1 Å². The summed E-state index contributed by atoms with van der Waals surface area (Å²) in [6.07, 6.45) is 0. The number of nitrogen functional groups attached to an aromatic ring is 1. The summed E-state index contributed by atoms with van der Waals surface area (Å²) in [7, 11) is 0. The number of hydrogen-bond acceptors (Lipinski definition) is 2. The predicted molar refractivity (Wildman–Crippen MR) is 65.1 cm³/mol. The monoisotopic (exact) mass is 284 g/mol. The first kappa shape index (κ1) is 13.9. The van der Waals surface area contributed by atoms with Gasteiger partial charge in [-0.05, 0) is 30.3 Å². The summed E-state index contributed by atoms with van der Waals surface area (Å²) in [5, 5.41) is 2.20. The highest BCUT2D eigenvalue weighted by molar-refractivity contribution is 6.04. The third-order valence-electron chi connectivity index (χ3n) is 2.53. The predicted octanol–water partition coefficient (Wildman–Crippen LogP) is 3.08. The molecule has 104 valence electrons. The quantitative estimate of drug-likeness (QED) is 0.506. The fraction of sp³-hybridized carbons (Fsp3) is 0. The molecular weight excluding hydrogens is 276 g/mol. The van der Waals surface area contributed by atoms with Crippen molar-refractivity contribution >= 4 is 17.3 Å². The van der Waals surface area contributed by atoms with E-state index in [-0.39, 0.29) is 11.4 Å². The summed E-state index contributed by atoms with van der Waals surface area (Å²) >= 11 is 0. The Hall–Kier alpha value is -2.57. The number of nitrogens with two attached hydrogens (primary N) is 1. The second-order valence-electron chi connectivity index (χ2n) is 3.91. The Morgan fingerprint density at radius 1 is 0.950 bits per heavy atom. The number of amides is 1. The molecule has 0 atom stereocenters. The van der Waals surface area contributed by atoms with Crippen molar-refractivity contribution in [2.24, 2.45) is 0 Å². The summed E-state index contributed by atoms with van der Waals surface area (Å²) < 4.78 is 52.1. The first-order valence-electron chi connectivity index (χ1n) is 5.40. The summed E-state index contributed by atoms with van der Waals surface area (Å²) in [5.41, 5.74) is 4.51. The number of carbonyl (C=O) groups is 1. The Labute approximate surface area is 111 Å². The molecule has 0 bridgehead atoms. The van der Waals surface area contributed by atoms with Gasteiger partial charge in [0.25, 0.3) is 5.91 Å². The Morgan fingerprint density at radius 3 is 2.25 bits per heavy atom. The highest BCUT2D eigenvalue weighted by atomic mass is 19.2. The molecule has 0 aliphatic rings. The molecule has 2 rings (SSSR count). The van der Waals surface area contributed by atoms with Crippen LogP contribution in [0.4, 0.5) is 28.9 Å². The average Bonchev–Trinajstić information content (AvgIpc) is 2.40. The minimum absolute atomic E-state index is 0.0954. The molecular formula is C13H8F4N2O. The van der Waals surface area contributed by atoms with Gasteiger partial charge in [0, 0.05) is 5.69 Å². The van der Waals surface area contributed by atoms with Crippen LogP contribution in [0.2, 0.25) is 0 Å². The van der Waals surface area contributed by atoms with Crippen molar-refractivity contribution in [1.29, 1.82) is 0 Å². The molecule has 0 aliphatic heterocycles. The van der Waals surface area contributed by atoms with Gasteiger partial charge in [-0.1, -0.05) is 0 Å². The lowest BCUT2D eigenvalue weighted by Gasteiger charge is -2.08. The lowest BCUT2D eigenvalue weighted by atomic mass is 10.1. The van der Waals surface area contributed by atoms with Crippen LogP contribution in [-0.4, -0.2) is 5.91 Å². The Kier molecular flexibility index (Phi) is 3.60. The van der Waals surface area contributed by atoms with Gasteiger partial charge in [0.15, 0.2) is 17.5 Å². The van der Waals surface area contributed by atoms with Crippen LogP contribution >= 0.6 is 0 Å². The zero-order chi connectivity index (χ0) is 14.9. The van der Waals surface area contributed by atoms with Crippen LogP contribution < -0.4 is 11.1 Å². The van der Waals surface area contributed by atoms with Crippen LogP contribution in [0.3, 0.4) is 0 Å². The second kappa shape index (κ2) is 5.20. The number of carbonyl (C=O) groups excluding carboxylic acids is 1. The summed E-state index contributed by atoms with van der Waals surface area (Å²) in [4.78, 5) is 11.7. The Morgan fingerprint density at radius 2 is 1.60 bits per heavy atom. The first-order chi connectivity index (χ1) is 9.40. The molecule has 2 aromatic rings. The summed E-state index contributed by atoms with van der Waals surface area (Å²) in [5.74, 6) is -6.42. The lowest BCUT2D eigenvalue weighted by Crippen LogP contribution is -2.15. The number of rotatable bonds is 2. The molecule has 0 saturated heterocycles. The van der Waals surface area contributed by atoms with E-state index in [1.165, 1.54) is 6.07 Å². The van der Waals surface area contributed by atoms with Gasteiger partial charge >= 0.3 is 0 Å². The fourth-order valence-electron chi connectivity index (χ4n) is 1.52. The summed E-state index contributed by atoms with van der Waals surface area (Å²) in [6, 6.07) is 4.75. The number of hydrogen-bond donors (Lipinski definition) is 2. The summed E-state index contributed by atoms with van der Waals surface area (Å²) in [6.45, 7) is 0. The zero-order valence-electron chi connectivity index (χ0n) is 9.88. The maximum atomic E-state index is 13.4. The molecule has 0 unspecified atom stereocenters. The van der Waals surface area contributed by atoms with E-state index in [9.17, 15) is 22.4 Å². The number of nitrogens with one attached hydrogen (secondary N) is 1. The van der Waals surface area contributed by atoms with Gasteiger partial charge in [-0.3, -0.25) is 4.79 Å². The molecule has 0 saturated carbocycles. The van der Waals surface area contributed by atoms with E-state index >= 15 is 0 Å². The molecule has 0 heterocycles. The minimum atomic E-state index is -1.74. The molecule has 3 nitrogen and oxygen atoms in total. The third kappa shape index (κ3) is 2.56. The maximum absolute atomic E-state index is 13.4. The average molecular weight is 284 g/mol. The first-order valence-corrected chi connectivity index (χ1v) is 5.40. The van der Waals surface area contributed by atoms with Crippen LogP contribution in [0.25, 0.3) is 0 Å². The van der Waals surface area contributed by atoms with Crippen LogP contribution in [-0.2, 0) is 0 Å². The molecule has 0 spiro atoms. The SMILES string of the molecule is Nc1cc(NC(=O)c2ccc(F)c(F)c2F)ccc1F. The van der Waals surface area contributed by atoms with Crippen LogP contribution in [0.5, 0.6) is 0 Å². The molecule has 0 fully saturated rings. The van der Waals surface area contributed by atoms with Crippen molar-refractivity contribution in [1.82, 2.24) is 0 Å².